The first-order valence-corrected chi connectivity index (χ1v) is 7.68. The van der Waals surface area contributed by atoms with Gasteiger partial charge in [-0.2, -0.15) is 4.98 Å². The Morgan fingerprint density at radius 3 is 2.91 bits per heavy atom. The van der Waals surface area contributed by atoms with Crippen molar-refractivity contribution >= 4 is 55.4 Å². The average Bonchev–Trinajstić information content (AvgIpc) is 3.08. The van der Waals surface area contributed by atoms with Crippen molar-refractivity contribution in [1.82, 2.24) is 9.97 Å². The Bertz CT molecular complexity index is 979. The second-order valence-corrected chi connectivity index (χ2v) is 6.08. The van der Waals surface area contributed by atoms with E-state index in [4.69, 9.17) is 20.8 Å². The number of hydrogen-bond acceptors (Lipinski definition) is 6. The lowest BCUT2D eigenvalue weighted by Gasteiger charge is -1.96. The van der Waals surface area contributed by atoms with Gasteiger partial charge >= 0.3 is 6.01 Å². The molecular formula is C15H10ClN3O2S. The van der Waals surface area contributed by atoms with Gasteiger partial charge in [0, 0.05) is 5.02 Å². The lowest BCUT2D eigenvalue weighted by molar-refractivity contribution is 0.415. The van der Waals surface area contributed by atoms with Crippen molar-refractivity contribution in [1.29, 1.82) is 0 Å². The third-order valence-corrected chi connectivity index (χ3v) is 4.33. The molecule has 22 heavy (non-hydrogen) atoms. The first-order valence-electron chi connectivity index (χ1n) is 6.49. The highest BCUT2D eigenvalue weighted by molar-refractivity contribution is 7.22. The summed E-state index contributed by atoms with van der Waals surface area (Å²) in [7, 11) is 1.64. The van der Waals surface area contributed by atoms with E-state index in [1.165, 1.54) is 11.3 Å². The summed E-state index contributed by atoms with van der Waals surface area (Å²) >= 11 is 7.45. The van der Waals surface area contributed by atoms with Gasteiger partial charge in [-0.3, -0.25) is 5.32 Å². The summed E-state index contributed by atoms with van der Waals surface area (Å²) in [5.41, 5.74) is 2.28. The van der Waals surface area contributed by atoms with E-state index >= 15 is 0 Å². The number of halogens is 1. The smallest absolute Gasteiger partial charge is 0.302 e. The Morgan fingerprint density at radius 1 is 1.14 bits per heavy atom. The van der Waals surface area contributed by atoms with E-state index in [9.17, 15) is 0 Å². The molecule has 0 radical (unpaired) electrons. The van der Waals surface area contributed by atoms with Crippen LogP contribution in [0.2, 0.25) is 5.02 Å². The normalized spacial score (nSPS) is 11.2. The predicted molar refractivity (Wildman–Crippen MR) is 88.5 cm³/mol. The maximum absolute atomic E-state index is 5.95. The fourth-order valence-corrected chi connectivity index (χ4v) is 3.18. The summed E-state index contributed by atoms with van der Waals surface area (Å²) in [6, 6.07) is 11.5. The number of nitrogens with one attached hydrogen (secondary N) is 1. The third kappa shape index (κ3) is 2.36. The van der Waals surface area contributed by atoms with Gasteiger partial charge in [0.15, 0.2) is 10.7 Å². The zero-order valence-corrected chi connectivity index (χ0v) is 13.0. The molecule has 2 heterocycles. The van der Waals surface area contributed by atoms with Crippen molar-refractivity contribution in [2.24, 2.45) is 0 Å². The van der Waals surface area contributed by atoms with Crippen LogP contribution >= 0.6 is 22.9 Å². The van der Waals surface area contributed by atoms with Gasteiger partial charge in [-0.05, 0) is 36.4 Å². The summed E-state index contributed by atoms with van der Waals surface area (Å²) in [6.07, 6.45) is 0. The van der Waals surface area contributed by atoms with Gasteiger partial charge in [0.1, 0.15) is 11.3 Å². The third-order valence-electron chi connectivity index (χ3n) is 3.16. The highest BCUT2D eigenvalue weighted by Gasteiger charge is 2.10. The summed E-state index contributed by atoms with van der Waals surface area (Å²) in [5, 5.41) is 4.42. The molecule has 0 saturated heterocycles. The van der Waals surface area contributed by atoms with Crippen molar-refractivity contribution in [3.8, 4) is 5.75 Å². The largest absolute Gasteiger partial charge is 0.497 e. The Balaban J connectivity index is 1.69. The molecule has 110 valence electrons. The molecule has 4 aromatic rings. The molecule has 0 aliphatic rings. The minimum absolute atomic E-state index is 0.392. The first-order chi connectivity index (χ1) is 10.7. The molecule has 7 heteroatoms. The number of aromatic nitrogens is 2. The molecule has 0 unspecified atom stereocenters. The van der Waals surface area contributed by atoms with Crippen LogP contribution in [-0.2, 0) is 0 Å². The molecule has 0 fully saturated rings. The van der Waals surface area contributed by atoms with Crippen molar-refractivity contribution < 1.29 is 9.15 Å². The topological polar surface area (TPSA) is 60.2 Å². The lowest BCUT2D eigenvalue weighted by Crippen LogP contribution is -1.88. The summed E-state index contributed by atoms with van der Waals surface area (Å²) in [4.78, 5) is 8.85. The minimum atomic E-state index is 0.392. The monoisotopic (exact) mass is 331 g/mol. The van der Waals surface area contributed by atoms with E-state index in [-0.39, 0.29) is 0 Å². The van der Waals surface area contributed by atoms with Crippen LogP contribution in [0.5, 0.6) is 5.75 Å². The van der Waals surface area contributed by atoms with E-state index in [2.05, 4.69) is 15.3 Å². The number of anilines is 2. The molecule has 0 spiro atoms. The van der Waals surface area contributed by atoms with E-state index in [1.807, 2.05) is 18.2 Å². The summed E-state index contributed by atoms with van der Waals surface area (Å²) in [5.74, 6) is 0.805. The molecule has 0 saturated carbocycles. The minimum Gasteiger partial charge on any atom is -0.497 e. The van der Waals surface area contributed by atoms with Crippen molar-refractivity contribution in [2.75, 3.05) is 12.4 Å². The predicted octanol–water partition coefficient (Wildman–Crippen LogP) is 4.84. The van der Waals surface area contributed by atoms with E-state index in [0.717, 1.165) is 16.0 Å². The molecule has 0 bridgehead atoms. The summed E-state index contributed by atoms with van der Waals surface area (Å²) in [6.45, 7) is 0. The Hall–Kier alpha value is -2.31. The van der Waals surface area contributed by atoms with Gasteiger partial charge in [0.25, 0.3) is 0 Å². The number of rotatable bonds is 3. The Kier molecular flexibility index (Phi) is 3.13. The second-order valence-electron chi connectivity index (χ2n) is 4.61. The molecule has 0 amide bonds. The van der Waals surface area contributed by atoms with Crippen molar-refractivity contribution in [3.05, 3.63) is 41.4 Å². The van der Waals surface area contributed by atoms with Crippen LogP contribution in [-0.4, -0.2) is 17.1 Å². The maximum Gasteiger partial charge on any atom is 0.302 e. The molecular weight excluding hydrogens is 322 g/mol. The standard InChI is InChI=1S/C15H10ClN3O2S/c1-20-9-3-4-10-13(7-9)22-15(18-10)19-14-17-11-6-8(16)2-5-12(11)21-14/h2-7H,1H3,(H,17,18,19). The number of thiazole rings is 1. The molecule has 2 aromatic heterocycles. The number of ether oxygens (including phenoxy) is 1. The van der Waals surface area contributed by atoms with Gasteiger partial charge in [-0.1, -0.05) is 22.9 Å². The molecule has 4 rings (SSSR count). The van der Waals surface area contributed by atoms with Gasteiger partial charge in [-0.15, -0.1) is 0 Å². The average molecular weight is 332 g/mol. The fraction of sp³-hybridized carbons (Fsp3) is 0.0667. The number of hydrogen-bond donors (Lipinski definition) is 1. The van der Waals surface area contributed by atoms with Crippen LogP contribution in [0.15, 0.2) is 40.8 Å². The van der Waals surface area contributed by atoms with Gasteiger partial charge in [-0.25, -0.2) is 4.98 Å². The molecule has 2 aromatic carbocycles. The molecule has 5 nitrogen and oxygen atoms in total. The number of oxazole rings is 1. The number of nitrogens with zero attached hydrogens (tertiary/aromatic N) is 2. The SMILES string of the molecule is COc1ccc2nc(Nc3nc4cc(Cl)ccc4o3)sc2c1. The quantitative estimate of drug-likeness (QED) is 0.582. The zero-order chi connectivity index (χ0) is 15.1. The highest BCUT2D eigenvalue weighted by atomic mass is 35.5. The Labute approximate surface area is 134 Å². The fourth-order valence-electron chi connectivity index (χ4n) is 2.13. The lowest BCUT2D eigenvalue weighted by atomic mass is 10.3. The van der Waals surface area contributed by atoms with Gasteiger partial charge < -0.3 is 9.15 Å². The van der Waals surface area contributed by atoms with E-state index in [0.29, 0.717) is 27.3 Å². The maximum atomic E-state index is 5.95. The first kappa shape index (κ1) is 13.4. The zero-order valence-electron chi connectivity index (χ0n) is 11.5. The Morgan fingerprint density at radius 2 is 2.05 bits per heavy atom. The van der Waals surface area contributed by atoms with Crippen molar-refractivity contribution in [2.45, 2.75) is 0 Å². The van der Waals surface area contributed by atoms with Crippen molar-refractivity contribution in [3.63, 3.8) is 0 Å². The number of fused-ring (bicyclic) bond motifs is 2. The molecule has 0 aliphatic heterocycles. The molecule has 0 aliphatic carbocycles. The van der Waals surface area contributed by atoms with Crippen LogP contribution in [0, 0.1) is 0 Å². The molecule has 0 atom stereocenters. The van der Waals surface area contributed by atoms with Crippen LogP contribution in [0.4, 0.5) is 11.1 Å². The second kappa shape index (κ2) is 5.15. The van der Waals surface area contributed by atoms with Gasteiger partial charge in [0.05, 0.1) is 17.3 Å². The van der Waals surface area contributed by atoms with E-state index in [1.54, 1.807) is 25.3 Å². The number of methoxy groups -OCH3 is 1. The summed E-state index contributed by atoms with van der Waals surface area (Å²) < 4.78 is 11.9. The number of benzene rings is 2. The van der Waals surface area contributed by atoms with Crippen LogP contribution in [0.1, 0.15) is 0 Å². The highest BCUT2D eigenvalue weighted by Crippen LogP contribution is 2.31. The molecule has 1 N–H and O–H groups in total. The van der Waals surface area contributed by atoms with Crippen LogP contribution in [0.3, 0.4) is 0 Å². The van der Waals surface area contributed by atoms with Gasteiger partial charge in [0.2, 0.25) is 0 Å². The van der Waals surface area contributed by atoms with Crippen LogP contribution < -0.4 is 10.1 Å². The van der Waals surface area contributed by atoms with E-state index < -0.39 is 0 Å². The van der Waals surface area contributed by atoms with Crippen LogP contribution in [0.25, 0.3) is 21.3 Å².